The van der Waals surface area contributed by atoms with E-state index < -0.39 is 29.6 Å². The highest BCUT2D eigenvalue weighted by Crippen LogP contribution is 2.47. The fraction of sp³-hybridized carbons (Fsp3) is 0.520. The highest BCUT2D eigenvalue weighted by molar-refractivity contribution is 5.33. The summed E-state index contributed by atoms with van der Waals surface area (Å²) in [5.74, 6) is 0.689. The number of piperidine rings is 1. The molecule has 0 aromatic heterocycles. The van der Waals surface area contributed by atoms with Crippen LogP contribution in [0.4, 0.5) is 0 Å². The van der Waals surface area contributed by atoms with E-state index >= 15 is 0 Å². The van der Waals surface area contributed by atoms with Gasteiger partial charge in [-0.1, -0.05) is 76.2 Å². The van der Waals surface area contributed by atoms with Crippen molar-refractivity contribution in [3.63, 3.8) is 0 Å². The molecule has 0 spiro atoms. The van der Waals surface area contributed by atoms with E-state index in [9.17, 15) is 20.2 Å². The molecule has 0 saturated carbocycles. The molecule has 7 nitrogen and oxygen atoms in total. The number of rotatable bonds is 6. The summed E-state index contributed by atoms with van der Waals surface area (Å²) in [4.78, 5) is 23.7. The van der Waals surface area contributed by atoms with Crippen LogP contribution in [0.2, 0.25) is 0 Å². The lowest BCUT2D eigenvalue weighted by Gasteiger charge is -2.44. The number of nitro groups is 2. The largest absolute Gasteiger partial charge is 0.291 e. The van der Waals surface area contributed by atoms with Gasteiger partial charge in [0.15, 0.2) is 0 Å². The van der Waals surface area contributed by atoms with E-state index in [-0.39, 0.29) is 9.85 Å². The molecule has 1 aliphatic rings. The van der Waals surface area contributed by atoms with Crippen molar-refractivity contribution < 1.29 is 9.85 Å². The Morgan fingerprint density at radius 2 is 1.03 bits per heavy atom. The minimum atomic E-state index is -1.18. The lowest BCUT2D eigenvalue weighted by molar-refractivity contribution is -0.605. The van der Waals surface area contributed by atoms with Gasteiger partial charge in [-0.25, -0.2) is 0 Å². The van der Waals surface area contributed by atoms with Crippen LogP contribution in [-0.4, -0.2) is 21.9 Å². The van der Waals surface area contributed by atoms with E-state index in [1.807, 2.05) is 48.5 Å². The molecule has 2 aromatic rings. The van der Waals surface area contributed by atoms with Gasteiger partial charge < -0.3 is 0 Å². The van der Waals surface area contributed by atoms with Crippen molar-refractivity contribution in [2.75, 3.05) is 0 Å². The third-order valence-electron chi connectivity index (χ3n) is 6.89. The number of nitrogens with zero attached hydrogens (tertiary/aromatic N) is 2. The molecule has 32 heavy (non-hydrogen) atoms. The van der Waals surface area contributed by atoms with Gasteiger partial charge in [0.25, 0.3) is 0 Å². The van der Waals surface area contributed by atoms with Crippen molar-refractivity contribution in [2.24, 2.45) is 5.41 Å². The molecule has 1 saturated heterocycles. The van der Waals surface area contributed by atoms with Crippen LogP contribution in [0.15, 0.2) is 48.5 Å². The Morgan fingerprint density at radius 3 is 1.28 bits per heavy atom. The van der Waals surface area contributed by atoms with E-state index in [4.69, 9.17) is 0 Å². The van der Waals surface area contributed by atoms with Crippen LogP contribution in [0.1, 0.15) is 87.7 Å². The van der Waals surface area contributed by atoms with E-state index in [2.05, 4.69) is 33.0 Å². The smallest absolute Gasteiger partial charge is 0.243 e. The first-order valence-electron chi connectivity index (χ1n) is 11.2. The molecule has 1 heterocycles. The first-order valence-corrected chi connectivity index (χ1v) is 11.2. The zero-order valence-corrected chi connectivity index (χ0v) is 19.6. The zero-order valence-electron chi connectivity index (χ0n) is 19.6. The monoisotopic (exact) mass is 439 g/mol. The predicted molar refractivity (Wildman–Crippen MR) is 125 cm³/mol. The fourth-order valence-corrected chi connectivity index (χ4v) is 4.93. The number of hydrogen-bond acceptors (Lipinski definition) is 5. The Morgan fingerprint density at radius 1 is 0.719 bits per heavy atom. The van der Waals surface area contributed by atoms with Crippen molar-refractivity contribution in [1.82, 2.24) is 5.32 Å². The molecule has 0 radical (unpaired) electrons. The third kappa shape index (κ3) is 4.39. The quantitative estimate of drug-likeness (QED) is 0.464. The SMILES string of the molecule is CC(C)c1ccc([C@H]2N[C@@H](c3ccc(C(C)C)cc3)[C@@H]([N+](=O)[O-])C(C)(C)[C@H]2[N+](=O)[O-])cc1. The normalized spacial score (nSPS) is 25.1. The molecule has 2 aromatic carbocycles. The van der Waals surface area contributed by atoms with Crippen LogP contribution in [0.5, 0.6) is 0 Å². The summed E-state index contributed by atoms with van der Waals surface area (Å²) in [5.41, 5.74) is 2.65. The second-order valence-corrected chi connectivity index (χ2v) is 10.0. The van der Waals surface area contributed by atoms with Crippen LogP contribution in [0.25, 0.3) is 0 Å². The van der Waals surface area contributed by atoms with Gasteiger partial charge in [-0.15, -0.1) is 0 Å². The maximum absolute atomic E-state index is 12.2. The number of benzene rings is 2. The van der Waals surface area contributed by atoms with Crippen LogP contribution in [-0.2, 0) is 0 Å². The van der Waals surface area contributed by atoms with Crippen molar-refractivity contribution in [1.29, 1.82) is 0 Å². The summed E-state index contributed by atoms with van der Waals surface area (Å²) in [7, 11) is 0. The molecular weight excluding hydrogens is 406 g/mol. The maximum atomic E-state index is 12.2. The first kappa shape index (κ1) is 23.9. The topological polar surface area (TPSA) is 98.3 Å². The summed E-state index contributed by atoms with van der Waals surface area (Å²) in [6.45, 7) is 11.7. The lowest BCUT2D eigenvalue weighted by Crippen LogP contribution is -2.63. The summed E-state index contributed by atoms with van der Waals surface area (Å²) in [6.07, 6.45) is 0. The van der Waals surface area contributed by atoms with Crippen molar-refractivity contribution in [3.8, 4) is 0 Å². The second-order valence-electron chi connectivity index (χ2n) is 10.0. The van der Waals surface area contributed by atoms with Crippen molar-refractivity contribution >= 4 is 0 Å². The molecule has 1 N–H and O–H groups in total. The highest BCUT2D eigenvalue weighted by atomic mass is 16.6. The van der Waals surface area contributed by atoms with Gasteiger partial charge >= 0.3 is 0 Å². The molecular formula is C25H33N3O4. The van der Waals surface area contributed by atoms with Gasteiger partial charge in [0, 0.05) is 9.85 Å². The Bertz CT molecular complexity index is 890. The molecule has 172 valence electrons. The maximum Gasteiger partial charge on any atom is 0.243 e. The molecule has 0 amide bonds. The molecule has 0 bridgehead atoms. The van der Waals surface area contributed by atoms with Gasteiger partial charge in [-0.3, -0.25) is 25.5 Å². The minimum Gasteiger partial charge on any atom is -0.291 e. The first-order chi connectivity index (χ1) is 14.9. The van der Waals surface area contributed by atoms with Crippen LogP contribution < -0.4 is 5.32 Å². The third-order valence-corrected chi connectivity index (χ3v) is 6.89. The average Bonchev–Trinajstić information content (AvgIpc) is 2.71. The Labute approximate surface area is 189 Å². The zero-order chi connectivity index (χ0) is 23.8. The lowest BCUT2D eigenvalue weighted by atomic mass is 9.66. The van der Waals surface area contributed by atoms with Crippen LogP contribution in [0, 0.1) is 25.6 Å². The summed E-state index contributed by atoms with van der Waals surface area (Å²) < 4.78 is 0. The molecule has 1 fully saturated rings. The number of nitrogens with one attached hydrogen (secondary N) is 1. The Hall–Kier alpha value is -2.80. The average molecular weight is 440 g/mol. The van der Waals surface area contributed by atoms with Gasteiger partial charge in [0.2, 0.25) is 12.1 Å². The predicted octanol–water partition coefficient (Wildman–Crippen LogP) is 5.64. The van der Waals surface area contributed by atoms with Crippen LogP contribution in [0.3, 0.4) is 0 Å². The Kier molecular flexibility index (Phi) is 6.69. The second kappa shape index (κ2) is 8.98. The molecule has 4 atom stereocenters. The standard InChI is InChI=1S/C25H33N3O4/c1-15(2)17-7-11-19(12-8-17)21-23(27(29)30)25(5,6)24(28(31)32)22(26-21)20-13-9-18(10-14-20)16(3)4/h7-16,21-24,26H,1-6H3/t21-,22+,23+,24-. The molecule has 3 rings (SSSR count). The molecule has 1 aliphatic heterocycles. The van der Waals surface area contributed by atoms with Crippen molar-refractivity contribution in [3.05, 3.63) is 91.0 Å². The fourth-order valence-electron chi connectivity index (χ4n) is 4.93. The number of hydrogen-bond donors (Lipinski definition) is 1. The highest BCUT2D eigenvalue weighted by Gasteiger charge is 2.62. The van der Waals surface area contributed by atoms with Gasteiger partial charge in [-0.05, 0) is 47.9 Å². The van der Waals surface area contributed by atoms with Gasteiger partial charge in [0.1, 0.15) is 17.5 Å². The Balaban J connectivity index is 2.10. The van der Waals surface area contributed by atoms with Gasteiger partial charge in [-0.2, -0.15) is 0 Å². The molecule has 0 unspecified atom stereocenters. The van der Waals surface area contributed by atoms with E-state index in [0.717, 1.165) is 22.3 Å². The van der Waals surface area contributed by atoms with E-state index in [1.165, 1.54) is 0 Å². The molecule has 0 aliphatic carbocycles. The summed E-state index contributed by atoms with van der Waals surface area (Å²) in [6, 6.07) is 12.0. The van der Waals surface area contributed by atoms with Crippen LogP contribution >= 0.6 is 0 Å². The van der Waals surface area contributed by atoms with Gasteiger partial charge in [0.05, 0.1) is 0 Å². The van der Waals surface area contributed by atoms with E-state index in [1.54, 1.807) is 13.8 Å². The van der Waals surface area contributed by atoms with Crippen molar-refractivity contribution in [2.45, 2.75) is 77.5 Å². The molecule has 7 heteroatoms. The minimum absolute atomic E-state index is 0.345. The van der Waals surface area contributed by atoms with E-state index in [0.29, 0.717) is 11.8 Å². The summed E-state index contributed by atoms with van der Waals surface area (Å²) >= 11 is 0. The summed E-state index contributed by atoms with van der Waals surface area (Å²) in [5, 5.41) is 27.7.